The summed E-state index contributed by atoms with van der Waals surface area (Å²) in [5.74, 6) is -0.766. The van der Waals surface area contributed by atoms with E-state index in [0.29, 0.717) is 0 Å². The topological polar surface area (TPSA) is 64.2 Å². The van der Waals surface area contributed by atoms with E-state index in [4.69, 9.17) is 0 Å². The van der Waals surface area contributed by atoms with Crippen molar-refractivity contribution in [1.29, 1.82) is 5.26 Å². The molecular formula is C28H26BNO2Si. The van der Waals surface area contributed by atoms with E-state index in [-0.39, 0.29) is 0 Å². The third-order valence-corrected chi connectivity index (χ3v) is 12.4. The van der Waals surface area contributed by atoms with Gasteiger partial charge < -0.3 is 10.0 Å². The molecule has 3 nitrogen and oxygen atoms in total. The number of nitrogens with zero attached hydrogens (tertiary/aromatic N) is 1. The third-order valence-electron chi connectivity index (χ3n) is 6.75. The molecule has 0 radical (unpaired) electrons. The highest BCUT2D eigenvalue weighted by atomic mass is 28.3. The molecule has 0 aromatic heterocycles. The smallest absolute Gasteiger partial charge is 0.427 e. The van der Waals surface area contributed by atoms with Crippen molar-refractivity contribution in [3.63, 3.8) is 0 Å². The van der Waals surface area contributed by atoms with Gasteiger partial charge in [0.25, 0.3) is 0 Å². The Balaban J connectivity index is 2.28. The normalized spacial score (nSPS) is 14.0. The summed E-state index contributed by atoms with van der Waals surface area (Å²) in [5.41, 5.74) is 0.788. The van der Waals surface area contributed by atoms with Crippen LogP contribution in [0.1, 0.15) is 12.5 Å². The van der Waals surface area contributed by atoms with Crippen LogP contribution in [0.4, 0.5) is 0 Å². The largest absolute Gasteiger partial charge is 0.456 e. The number of nitriles is 1. The highest BCUT2D eigenvalue weighted by Gasteiger charge is 2.63. The average molecular weight is 447 g/mol. The van der Waals surface area contributed by atoms with Crippen LogP contribution in [0.5, 0.6) is 0 Å². The highest BCUT2D eigenvalue weighted by molar-refractivity contribution is 7.14. The number of hydrogen-bond acceptors (Lipinski definition) is 3. The summed E-state index contributed by atoms with van der Waals surface area (Å²) in [6, 6.07) is 42.7. The fraction of sp³-hybridized carbons (Fsp3) is 0.107. The Morgan fingerprint density at radius 3 is 1.30 bits per heavy atom. The Morgan fingerprint density at radius 2 is 1.00 bits per heavy atom. The molecule has 5 heteroatoms. The van der Waals surface area contributed by atoms with E-state index in [2.05, 4.69) is 42.5 Å². The summed E-state index contributed by atoms with van der Waals surface area (Å²) in [4.78, 5) is 0. The fourth-order valence-electron chi connectivity index (χ4n) is 5.24. The number of hydrogen-bond donors (Lipinski definition) is 2. The maximum Gasteiger partial charge on any atom is 0.456 e. The molecule has 0 fully saturated rings. The standard InChI is InChI=1S/C28H26BNO2Si/c1-23(29(31)32)28(22-30,24-14-6-2-7-15-24)33(25-16-8-3-9-17-25,26-18-10-4-11-19-26)27-20-12-5-13-21-27/h2-21,23,31-32H,1H3. The SMILES string of the molecule is CC(B(O)O)C(C#N)(c1ccccc1)[Si](c1ccccc1)(c1ccccc1)c1ccccc1. The lowest BCUT2D eigenvalue weighted by Gasteiger charge is -2.49. The zero-order valence-corrected chi connectivity index (χ0v) is 19.5. The molecule has 4 rings (SSSR count). The van der Waals surface area contributed by atoms with Gasteiger partial charge in [-0.25, -0.2) is 0 Å². The second-order valence-corrected chi connectivity index (χ2v) is 12.4. The average Bonchev–Trinajstić information content (AvgIpc) is 2.89. The van der Waals surface area contributed by atoms with Crippen molar-refractivity contribution < 1.29 is 10.0 Å². The number of benzene rings is 4. The molecule has 0 bridgehead atoms. The van der Waals surface area contributed by atoms with Crippen LogP contribution in [0.3, 0.4) is 0 Å². The Bertz CT molecular complexity index is 1120. The second kappa shape index (κ2) is 9.60. The summed E-state index contributed by atoms with van der Waals surface area (Å²) in [6.45, 7) is 1.78. The molecule has 0 aliphatic rings. The van der Waals surface area contributed by atoms with Gasteiger partial charge in [0.05, 0.1) is 11.1 Å². The molecule has 0 amide bonds. The first kappa shape index (κ1) is 22.8. The lowest BCUT2D eigenvalue weighted by molar-refractivity contribution is 0.375. The minimum Gasteiger partial charge on any atom is -0.427 e. The van der Waals surface area contributed by atoms with E-state index < -0.39 is 26.0 Å². The van der Waals surface area contributed by atoms with E-state index in [9.17, 15) is 15.3 Å². The van der Waals surface area contributed by atoms with Gasteiger partial charge in [-0.15, -0.1) is 0 Å². The molecule has 2 atom stereocenters. The van der Waals surface area contributed by atoms with Crippen LogP contribution in [0, 0.1) is 11.3 Å². The van der Waals surface area contributed by atoms with E-state index in [1.54, 1.807) is 6.92 Å². The first-order valence-corrected chi connectivity index (χ1v) is 13.1. The lowest BCUT2D eigenvalue weighted by Crippen LogP contribution is -2.79. The van der Waals surface area contributed by atoms with Crippen molar-refractivity contribution in [2.24, 2.45) is 0 Å². The Morgan fingerprint density at radius 1 is 0.667 bits per heavy atom. The van der Waals surface area contributed by atoms with Crippen molar-refractivity contribution in [2.75, 3.05) is 0 Å². The summed E-state index contributed by atoms with van der Waals surface area (Å²) in [6.07, 6.45) is 0. The summed E-state index contributed by atoms with van der Waals surface area (Å²) >= 11 is 0. The molecule has 0 aliphatic carbocycles. The molecule has 162 valence electrons. The van der Waals surface area contributed by atoms with Gasteiger partial charge in [-0.2, -0.15) is 5.26 Å². The van der Waals surface area contributed by atoms with Crippen LogP contribution < -0.4 is 15.6 Å². The van der Waals surface area contributed by atoms with Gasteiger partial charge in [-0.3, -0.25) is 0 Å². The summed E-state index contributed by atoms with van der Waals surface area (Å²) in [5, 5.41) is 34.2. The minimum absolute atomic E-state index is 0.766. The zero-order chi connectivity index (χ0) is 23.3. The van der Waals surface area contributed by atoms with Gasteiger partial charge in [-0.05, 0) is 21.1 Å². The molecule has 2 N–H and O–H groups in total. The molecular weight excluding hydrogens is 421 g/mol. The van der Waals surface area contributed by atoms with Gasteiger partial charge in [0.1, 0.15) is 0 Å². The molecule has 0 spiro atoms. The van der Waals surface area contributed by atoms with E-state index in [1.807, 2.05) is 84.9 Å². The maximum absolute atomic E-state index is 11.1. The van der Waals surface area contributed by atoms with Crippen molar-refractivity contribution in [1.82, 2.24) is 0 Å². The summed E-state index contributed by atoms with van der Waals surface area (Å²) in [7, 11) is -4.92. The molecule has 33 heavy (non-hydrogen) atoms. The van der Waals surface area contributed by atoms with Crippen LogP contribution in [0.15, 0.2) is 121 Å². The molecule has 4 aromatic carbocycles. The fourth-order valence-corrected chi connectivity index (χ4v) is 11.3. The van der Waals surface area contributed by atoms with Crippen LogP contribution in [-0.4, -0.2) is 25.2 Å². The van der Waals surface area contributed by atoms with Gasteiger partial charge in [-0.1, -0.05) is 128 Å². The quantitative estimate of drug-likeness (QED) is 0.338. The van der Waals surface area contributed by atoms with Gasteiger partial charge >= 0.3 is 7.12 Å². The van der Waals surface area contributed by atoms with Crippen LogP contribution >= 0.6 is 0 Å². The predicted octanol–water partition coefficient (Wildman–Crippen LogP) is 3.02. The van der Waals surface area contributed by atoms with Crippen molar-refractivity contribution in [3.8, 4) is 6.07 Å². The first-order chi connectivity index (χ1) is 16.1. The maximum atomic E-state index is 11.1. The summed E-state index contributed by atoms with van der Waals surface area (Å²) < 4.78 is 0. The van der Waals surface area contributed by atoms with Crippen molar-refractivity contribution in [3.05, 3.63) is 127 Å². The van der Waals surface area contributed by atoms with Crippen molar-refractivity contribution >= 4 is 30.8 Å². The Hall–Kier alpha value is -3.43. The second-order valence-electron chi connectivity index (χ2n) is 8.34. The first-order valence-electron chi connectivity index (χ1n) is 11.1. The Kier molecular flexibility index (Phi) is 6.62. The monoisotopic (exact) mass is 447 g/mol. The van der Waals surface area contributed by atoms with E-state index in [0.717, 1.165) is 21.1 Å². The van der Waals surface area contributed by atoms with E-state index >= 15 is 0 Å². The molecule has 0 aliphatic heterocycles. The molecule has 4 aromatic rings. The van der Waals surface area contributed by atoms with Crippen LogP contribution in [-0.2, 0) is 5.04 Å². The lowest BCUT2D eigenvalue weighted by atomic mass is 9.64. The third kappa shape index (κ3) is 3.63. The van der Waals surface area contributed by atoms with Gasteiger partial charge in [0, 0.05) is 5.82 Å². The highest BCUT2D eigenvalue weighted by Crippen LogP contribution is 2.44. The van der Waals surface area contributed by atoms with Gasteiger partial charge in [0.15, 0.2) is 8.07 Å². The molecule has 0 saturated heterocycles. The van der Waals surface area contributed by atoms with Crippen LogP contribution in [0.2, 0.25) is 5.82 Å². The van der Waals surface area contributed by atoms with E-state index in [1.165, 1.54) is 0 Å². The predicted molar refractivity (Wildman–Crippen MR) is 137 cm³/mol. The minimum atomic E-state index is -3.25. The van der Waals surface area contributed by atoms with Crippen molar-refractivity contribution in [2.45, 2.75) is 17.8 Å². The van der Waals surface area contributed by atoms with Crippen LogP contribution in [0.25, 0.3) is 0 Å². The molecule has 0 heterocycles. The number of rotatable bonds is 7. The Labute approximate surface area is 196 Å². The van der Waals surface area contributed by atoms with Gasteiger partial charge in [0.2, 0.25) is 0 Å². The zero-order valence-electron chi connectivity index (χ0n) is 18.5. The molecule has 2 unspecified atom stereocenters. The molecule has 0 saturated carbocycles.